The predicted molar refractivity (Wildman–Crippen MR) is 175 cm³/mol. The van der Waals surface area contributed by atoms with Crippen LogP contribution in [0.5, 0.6) is 0 Å². The summed E-state index contributed by atoms with van der Waals surface area (Å²) in [5.74, 6) is 0.283. The van der Waals surface area contributed by atoms with Crippen molar-refractivity contribution >= 4 is 40.5 Å². The lowest BCUT2D eigenvalue weighted by atomic mass is 10.1. The normalized spacial score (nSPS) is 12.4. The van der Waals surface area contributed by atoms with Crippen molar-refractivity contribution in [2.45, 2.75) is 12.8 Å². The maximum atomic E-state index is 13.1. The van der Waals surface area contributed by atoms with E-state index in [0.29, 0.717) is 49.3 Å². The molecule has 45 heavy (non-hydrogen) atoms. The Morgan fingerprint density at radius 1 is 0.733 bits per heavy atom. The topological polar surface area (TPSA) is 173 Å². The summed E-state index contributed by atoms with van der Waals surface area (Å²) in [4.78, 5) is 34.6. The number of carbonyl (C=O) groups excluding carboxylic acids is 2. The molecule has 0 radical (unpaired) electrons. The number of amides is 2. The lowest BCUT2D eigenvalue weighted by Gasteiger charge is -2.17. The molecule has 0 fully saturated rings. The smallest absolute Gasteiger partial charge is 0.261 e. The van der Waals surface area contributed by atoms with E-state index in [-0.39, 0.29) is 16.8 Å². The number of amidine groups is 2. The Hall–Kier alpha value is -4.66. The molecule has 0 bridgehead atoms. The van der Waals surface area contributed by atoms with E-state index >= 15 is 0 Å². The van der Waals surface area contributed by atoms with Crippen molar-refractivity contribution < 1.29 is 29.5 Å². The van der Waals surface area contributed by atoms with Crippen molar-refractivity contribution in [3.8, 4) is 0 Å². The molecule has 6 N–H and O–H groups in total. The van der Waals surface area contributed by atoms with E-state index in [9.17, 15) is 20.0 Å². The van der Waals surface area contributed by atoms with Gasteiger partial charge in [0.15, 0.2) is 5.69 Å². The second-order valence-corrected chi connectivity index (χ2v) is 9.82. The van der Waals surface area contributed by atoms with E-state index in [4.69, 9.17) is 9.47 Å². The van der Waals surface area contributed by atoms with Crippen LogP contribution in [0.4, 0.5) is 17.1 Å². The molecule has 3 rings (SSSR count). The first-order chi connectivity index (χ1) is 21.8. The molecule has 2 amide bonds. The van der Waals surface area contributed by atoms with Crippen molar-refractivity contribution in [3.05, 3.63) is 94.2 Å². The van der Waals surface area contributed by atoms with Gasteiger partial charge < -0.3 is 35.9 Å². The number of quaternary nitrogens is 1. The molecule has 0 aliphatic heterocycles. The minimum atomic E-state index is -1.33. The van der Waals surface area contributed by atoms with E-state index in [1.165, 1.54) is 18.2 Å². The molecule has 3 aromatic carbocycles. The van der Waals surface area contributed by atoms with Gasteiger partial charge in [0.05, 0.1) is 0 Å². The van der Waals surface area contributed by atoms with Crippen LogP contribution in [0, 0.1) is 5.21 Å². The van der Waals surface area contributed by atoms with Crippen LogP contribution in [0.15, 0.2) is 76.7 Å². The molecule has 0 spiro atoms. The Bertz CT molecular complexity index is 1460. The maximum Gasteiger partial charge on any atom is 0.261 e. The van der Waals surface area contributed by atoms with Gasteiger partial charge in [0.2, 0.25) is 0 Å². The maximum absolute atomic E-state index is 13.1. The summed E-state index contributed by atoms with van der Waals surface area (Å²) in [5.41, 5.74) is 2.39. The number of nitrogens with zero attached hydrogens (tertiary/aromatic N) is 2. The van der Waals surface area contributed by atoms with Crippen LogP contribution in [0.3, 0.4) is 0 Å². The van der Waals surface area contributed by atoms with E-state index < -0.39 is 17.0 Å². The fourth-order valence-corrected chi connectivity index (χ4v) is 4.35. The van der Waals surface area contributed by atoms with Crippen molar-refractivity contribution in [1.29, 1.82) is 0 Å². The number of nitrogens with one attached hydrogen (secondary N) is 5. The van der Waals surface area contributed by atoms with Crippen molar-refractivity contribution in [3.63, 3.8) is 0 Å². The van der Waals surface area contributed by atoms with Gasteiger partial charge in [-0.2, -0.15) is 5.23 Å². The molecule has 13 heteroatoms. The third kappa shape index (κ3) is 10.5. The number of aliphatic imine (C=N–C) groups is 2. The van der Waals surface area contributed by atoms with Gasteiger partial charge in [-0.1, -0.05) is 0 Å². The lowest BCUT2D eigenvalue weighted by Crippen LogP contribution is -2.99. The highest BCUT2D eigenvalue weighted by atomic mass is 16.8. The van der Waals surface area contributed by atoms with Crippen LogP contribution < -0.4 is 26.5 Å². The number of benzene rings is 3. The third-order valence-corrected chi connectivity index (χ3v) is 6.67. The average molecular weight is 620 g/mol. The van der Waals surface area contributed by atoms with Crippen molar-refractivity contribution in [2.24, 2.45) is 9.98 Å². The summed E-state index contributed by atoms with van der Waals surface area (Å²) in [6.45, 7) is 2.67. The van der Waals surface area contributed by atoms with Crippen LogP contribution in [0.25, 0.3) is 0 Å². The SMILES string of the molecule is CN=C(NCCCOC)c1ccc(NC(=O)c2ccc(C(=O)Nc3ccc(C(=NC)NCCCOC)cc3)c([NH+]([O-])O)c2)cc1. The number of rotatable bonds is 15. The number of ether oxygens (including phenoxy) is 2. The van der Waals surface area contributed by atoms with Gasteiger partial charge in [0, 0.05) is 88.7 Å². The van der Waals surface area contributed by atoms with Gasteiger partial charge in [-0.05, 0) is 73.5 Å². The second kappa shape index (κ2) is 18.2. The third-order valence-electron chi connectivity index (χ3n) is 6.67. The van der Waals surface area contributed by atoms with Gasteiger partial charge in [-0.25, -0.2) is 5.21 Å². The molecule has 0 aliphatic carbocycles. The summed E-state index contributed by atoms with van der Waals surface area (Å²) in [6, 6.07) is 18.0. The van der Waals surface area contributed by atoms with E-state index in [1.807, 2.05) is 12.1 Å². The predicted octanol–water partition coefficient (Wildman–Crippen LogP) is 2.60. The number of hydrogen-bond acceptors (Lipinski definition) is 8. The summed E-state index contributed by atoms with van der Waals surface area (Å²) < 4.78 is 10.1. The highest BCUT2D eigenvalue weighted by Gasteiger charge is 2.20. The van der Waals surface area contributed by atoms with E-state index in [1.54, 1.807) is 64.7 Å². The molecule has 0 saturated carbocycles. The molecule has 240 valence electrons. The summed E-state index contributed by atoms with van der Waals surface area (Å²) in [5, 5.41) is 32.6. The van der Waals surface area contributed by atoms with Gasteiger partial charge in [0.25, 0.3) is 11.8 Å². The molecular formula is C32H41N7O6. The summed E-state index contributed by atoms with van der Waals surface area (Å²) in [6.07, 6.45) is 1.66. The van der Waals surface area contributed by atoms with Crippen LogP contribution >= 0.6 is 0 Å². The van der Waals surface area contributed by atoms with Crippen LogP contribution in [0.2, 0.25) is 0 Å². The van der Waals surface area contributed by atoms with Crippen LogP contribution in [-0.4, -0.2) is 83.3 Å². The molecule has 0 saturated heterocycles. The fraction of sp³-hybridized carbons (Fsp3) is 0.312. The first-order valence-electron chi connectivity index (χ1n) is 14.4. The van der Waals surface area contributed by atoms with E-state index in [0.717, 1.165) is 24.0 Å². The number of hydrogen-bond donors (Lipinski definition) is 6. The zero-order chi connectivity index (χ0) is 32.6. The first-order valence-corrected chi connectivity index (χ1v) is 14.4. The van der Waals surface area contributed by atoms with Gasteiger partial charge in [-0.15, -0.1) is 0 Å². The van der Waals surface area contributed by atoms with E-state index in [2.05, 4.69) is 31.3 Å². The molecule has 3 aromatic rings. The Morgan fingerprint density at radius 2 is 1.18 bits per heavy atom. The summed E-state index contributed by atoms with van der Waals surface area (Å²) in [7, 11) is 6.68. The highest BCUT2D eigenvalue weighted by molar-refractivity contribution is 6.10. The minimum absolute atomic E-state index is 0.0764. The number of methoxy groups -OCH3 is 2. The van der Waals surface area contributed by atoms with Gasteiger partial charge in [0.1, 0.15) is 17.2 Å². The standard InChI is InChI=1S/C32H41N7O6/c1-33-29(35-17-5-19-44-3)22-7-12-25(13-8-22)37-31(40)24-11-16-27(28(21-24)39(42)43)32(41)38-26-14-9-23(10-15-26)30(34-2)36-18-6-20-45-4/h7-16,21,39,42H,5-6,17-20H2,1-4H3,(H,33,35)(H,34,36)(H,37,40)(H,38,41). The first kappa shape index (κ1) is 34.8. The molecule has 0 aromatic heterocycles. The molecule has 13 nitrogen and oxygen atoms in total. The van der Waals surface area contributed by atoms with Crippen LogP contribution in [-0.2, 0) is 9.47 Å². The largest absolute Gasteiger partial charge is 0.595 e. The molecule has 0 aliphatic rings. The number of anilines is 2. The summed E-state index contributed by atoms with van der Waals surface area (Å²) >= 11 is 0. The van der Waals surface area contributed by atoms with Crippen LogP contribution in [0.1, 0.15) is 44.7 Å². The lowest BCUT2D eigenvalue weighted by molar-refractivity contribution is -0.991. The Balaban J connectivity index is 1.66. The fourth-order valence-electron chi connectivity index (χ4n) is 4.35. The minimum Gasteiger partial charge on any atom is -0.595 e. The van der Waals surface area contributed by atoms with Gasteiger partial charge >= 0.3 is 0 Å². The number of carbonyl (C=O) groups is 2. The zero-order valence-electron chi connectivity index (χ0n) is 26.0. The monoisotopic (exact) mass is 619 g/mol. The zero-order valence-corrected chi connectivity index (χ0v) is 26.0. The Kier molecular flexibility index (Phi) is 14.1. The Labute approximate surface area is 262 Å². The van der Waals surface area contributed by atoms with Gasteiger partial charge in [-0.3, -0.25) is 19.6 Å². The average Bonchev–Trinajstić information content (AvgIpc) is 3.05. The van der Waals surface area contributed by atoms with Crippen molar-refractivity contribution in [1.82, 2.24) is 10.6 Å². The quantitative estimate of drug-likeness (QED) is 0.0652. The van der Waals surface area contributed by atoms with Crippen molar-refractivity contribution in [2.75, 3.05) is 65.3 Å². The second-order valence-electron chi connectivity index (χ2n) is 9.82. The Morgan fingerprint density at radius 3 is 1.60 bits per heavy atom. The molecule has 1 unspecified atom stereocenters. The molecule has 1 atom stereocenters. The highest BCUT2D eigenvalue weighted by Crippen LogP contribution is 2.19. The molecular weight excluding hydrogens is 578 g/mol. The molecule has 0 heterocycles.